The summed E-state index contributed by atoms with van der Waals surface area (Å²) in [6.45, 7) is 2.45. The second kappa shape index (κ2) is 5.48. The van der Waals surface area contributed by atoms with E-state index in [1.807, 2.05) is 35.2 Å². The number of hydrogen-bond donors (Lipinski definition) is 0. The molecule has 0 spiro atoms. The Balaban J connectivity index is 1.49. The second-order valence-electron chi connectivity index (χ2n) is 6.07. The number of ether oxygens (including phenoxy) is 1. The molecule has 1 fully saturated rings. The maximum Gasteiger partial charge on any atom is 0.253 e. The van der Waals surface area contributed by atoms with Crippen molar-refractivity contribution in [1.82, 2.24) is 4.90 Å². The number of carbonyl (C=O) groups excluding carboxylic acids is 1. The van der Waals surface area contributed by atoms with Crippen LogP contribution in [0.1, 0.15) is 33.8 Å². The quantitative estimate of drug-likeness (QED) is 0.850. The zero-order chi connectivity index (χ0) is 14.9. The molecule has 2 aromatic rings. The fourth-order valence-corrected chi connectivity index (χ4v) is 3.44. The Kier molecular flexibility index (Phi) is 3.34. The minimum Gasteiger partial charge on any atom is -0.493 e. The number of likely N-dealkylation sites (tertiary alicyclic amines) is 1. The van der Waals surface area contributed by atoms with E-state index in [2.05, 4.69) is 18.2 Å². The van der Waals surface area contributed by atoms with Crippen LogP contribution in [0.2, 0.25) is 0 Å². The lowest BCUT2D eigenvalue weighted by Gasteiger charge is -2.17. The second-order valence-corrected chi connectivity index (χ2v) is 6.07. The summed E-state index contributed by atoms with van der Waals surface area (Å²) in [5.74, 6) is 1.62. The van der Waals surface area contributed by atoms with Crippen LogP contribution < -0.4 is 4.74 Å². The molecule has 112 valence electrons. The molecule has 0 radical (unpaired) electrons. The van der Waals surface area contributed by atoms with Crippen molar-refractivity contribution in [3.63, 3.8) is 0 Å². The highest BCUT2D eigenvalue weighted by Gasteiger charge is 2.28. The summed E-state index contributed by atoms with van der Waals surface area (Å²) in [4.78, 5) is 14.5. The highest BCUT2D eigenvalue weighted by molar-refractivity contribution is 5.94. The van der Waals surface area contributed by atoms with Gasteiger partial charge in [-0.25, -0.2) is 0 Å². The van der Waals surface area contributed by atoms with Crippen molar-refractivity contribution >= 4 is 5.91 Å². The van der Waals surface area contributed by atoms with E-state index in [1.54, 1.807) is 0 Å². The molecule has 0 saturated carbocycles. The third-order valence-electron chi connectivity index (χ3n) is 4.68. The van der Waals surface area contributed by atoms with Gasteiger partial charge in [-0.15, -0.1) is 0 Å². The summed E-state index contributed by atoms with van der Waals surface area (Å²) in [5.41, 5.74) is 3.43. The molecule has 2 aromatic carbocycles. The Bertz CT molecular complexity index is 696. The fraction of sp³-hybridized carbons (Fsp3) is 0.316. The van der Waals surface area contributed by atoms with Crippen molar-refractivity contribution in [3.8, 4) is 5.75 Å². The maximum absolute atomic E-state index is 12.5. The van der Waals surface area contributed by atoms with Gasteiger partial charge in [-0.3, -0.25) is 4.79 Å². The van der Waals surface area contributed by atoms with Gasteiger partial charge >= 0.3 is 0 Å². The van der Waals surface area contributed by atoms with Gasteiger partial charge in [-0.2, -0.15) is 0 Å². The molecule has 2 aliphatic heterocycles. The summed E-state index contributed by atoms with van der Waals surface area (Å²) in [6.07, 6.45) is 2.04. The minimum absolute atomic E-state index is 0.146. The zero-order valence-electron chi connectivity index (χ0n) is 12.5. The standard InChI is InChI=1S/C19H19NO2/c21-19(14-4-2-1-3-5-14)20-10-8-17(13-20)15-6-7-18-16(12-15)9-11-22-18/h1-7,12,17H,8-11,13H2/t17-/m1/s1. The van der Waals surface area contributed by atoms with Gasteiger partial charge in [0.25, 0.3) is 5.91 Å². The highest BCUT2D eigenvalue weighted by Crippen LogP contribution is 2.33. The lowest BCUT2D eigenvalue weighted by molar-refractivity contribution is 0.0791. The van der Waals surface area contributed by atoms with Gasteiger partial charge in [0.05, 0.1) is 6.61 Å². The van der Waals surface area contributed by atoms with Crippen LogP contribution in [0.5, 0.6) is 5.75 Å². The fourth-order valence-electron chi connectivity index (χ4n) is 3.44. The van der Waals surface area contributed by atoms with Crippen LogP contribution in [0.4, 0.5) is 0 Å². The molecule has 1 atom stereocenters. The molecule has 3 nitrogen and oxygen atoms in total. The van der Waals surface area contributed by atoms with Crippen molar-refractivity contribution in [2.75, 3.05) is 19.7 Å². The van der Waals surface area contributed by atoms with Gasteiger partial charge in [0.15, 0.2) is 0 Å². The molecule has 2 heterocycles. The first kappa shape index (κ1) is 13.4. The smallest absolute Gasteiger partial charge is 0.253 e. The first-order chi connectivity index (χ1) is 10.8. The SMILES string of the molecule is O=C(c1ccccc1)N1CC[C@@H](c2ccc3c(c2)CCO3)C1. The molecule has 2 aliphatic rings. The number of rotatable bonds is 2. The van der Waals surface area contributed by atoms with Gasteiger partial charge in [0.2, 0.25) is 0 Å². The Morgan fingerprint density at radius 1 is 1.14 bits per heavy atom. The van der Waals surface area contributed by atoms with E-state index in [4.69, 9.17) is 4.74 Å². The van der Waals surface area contributed by atoms with E-state index >= 15 is 0 Å². The van der Waals surface area contributed by atoms with E-state index < -0.39 is 0 Å². The average molecular weight is 293 g/mol. The van der Waals surface area contributed by atoms with Gasteiger partial charge in [0, 0.05) is 31.0 Å². The predicted molar refractivity (Wildman–Crippen MR) is 85.3 cm³/mol. The molecule has 0 aromatic heterocycles. The largest absolute Gasteiger partial charge is 0.493 e. The monoisotopic (exact) mass is 293 g/mol. The lowest BCUT2D eigenvalue weighted by atomic mass is 9.96. The molecule has 0 bridgehead atoms. The van der Waals surface area contributed by atoms with Crippen LogP contribution in [0, 0.1) is 0 Å². The van der Waals surface area contributed by atoms with E-state index in [0.717, 1.165) is 43.9 Å². The Morgan fingerprint density at radius 3 is 2.86 bits per heavy atom. The average Bonchev–Trinajstić information content (AvgIpc) is 3.23. The van der Waals surface area contributed by atoms with E-state index in [9.17, 15) is 4.79 Å². The Labute approximate surface area is 130 Å². The maximum atomic E-state index is 12.5. The number of fused-ring (bicyclic) bond motifs is 1. The molecule has 1 saturated heterocycles. The van der Waals surface area contributed by atoms with Crippen LogP contribution in [0.3, 0.4) is 0 Å². The van der Waals surface area contributed by atoms with Crippen LogP contribution in [0.15, 0.2) is 48.5 Å². The van der Waals surface area contributed by atoms with Crippen molar-refractivity contribution in [2.24, 2.45) is 0 Å². The van der Waals surface area contributed by atoms with Gasteiger partial charge in [-0.05, 0) is 35.7 Å². The summed E-state index contributed by atoms with van der Waals surface area (Å²) >= 11 is 0. The molecule has 1 amide bonds. The normalized spacial score (nSPS) is 19.8. The third kappa shape index (κ3) is 2.37. The number of amides is 1. The van der Waals surface area contributed by atoms with Crippen molar-refractivity contribution in [3.05, 3.63) is 65.2 Å². The minimum atomic E-state index is 0.146. The van der Waals surface area contributed by atoms with Crippen LogP contribution in [0.25, 0.3) is 0 Å². The predicted octanol–water partition coefficient (Wildman–Crippen LogP) is 3.25. The van der Waals surface area contributed by atoms with Crippen LogP contribution >= 0.6 is 0 Å². The van der Waals surface area contributed by atoms with Gasteiger partial charge in [0.1, 0.15) is 5.75 Å². The number of benzene rings is 2. The van der Waals surface area contributed by atoms with E-state index in [1.165, 1.54) is 11.1 Å². The van der Waals surface area contributed by atoms with Gasteiger partial charge in [-0.1, -0.05) is 30.3 Å². The van der Waals surface area contributed by atoms with Crippen molar-refractivity contribution < 1.29 is 9.53 Å². The Hall–Kier alpha value is -2.29. The highest BCUT2D eigenvalue weighted by atomic mass is 16.5. The molecule has 0 N–H and O–H groups in total. The Morgan fingerprint density at radius 2 is 2.00 bits per heavy atom. The summed E-state index contributed by atoms with van der Waals surface area (Å²) in [6, 6.07) is 16.1. The first-order valence-corrected chi connectivity index (χ1v) is 7.91. The van der Waals surface area contributed by atoms with Crippen molar-refractivity contribution in [1.29, 1.82) is 0 Å². The van der Waals surface area contributed by atoms with E-state index in [-0.39, 0.29) is 5.91 Å². The summed E-state index contributed by atoms with van der Waals surface area (Å²) in [7, 11) is 0. The molecular weight excluding hydrogens is 274 g/mol. The summed E-state index contributed by atoms with van der Waals surface area (Å²) in [5, 5.41) is 0. The lowest BCUT2D eigenvalue weighted by Crippen LogP contribution is -2.28. The third-order valence-corrected chi connectivity index (χ3v) is 4.68. The summed E-state index contributed by atoms with van der Waals surface area (Å²) < 4.78 is 5.57. The molecule has 4 rings (SSSR count). The molecule has 22 heavy (non-hydrogen) atoms. The number of carbonyl (C=O) groups is 1. The topological polar surface area (TPSA) is 29.5 Å². The van der Waals surface area contributed by atoms with Crippen LogP contribution in [-0.4, -0.2) is 30.5 Å². The van der Waals surface area contributed by atoms with Crippen LogP contribution in [-0.2, 0) is 6.42 Å². The number of hydrogen-bond acceptors (Lipinski definition) is 2. The molecule has 0 unspecified atom stereocenters. The first-order valence-electron chi connectivity index (χ1n) is 7.91. The van der Waals surface area contributed by atoms with E-state index in [0.29, 0.717) is 5.92 Å². The zero-order valence-corrected chi connectivity index (χ0v) is 12.5. The number of nitrogens with zero attached hydrogens (tertiary/aromatic N) is 1. The molecule has 0 aliphatic carbocycles. The van der Waals surface area contributed by atoms with Gasteiger partial charge < -0.3 is 9.64 Å². The molecular formula is C19H19NO2. The molecule has 3 heteroatoms. The van der Waals surface area contributed by atoms with Crippen molar-refractivity contribution in [2.45, 2.75) is 18.8 Å².